The number of benzene rings is 1. The summed E-state index contributed by atoms with van der Waals surface area (Å²) in [4.78, 5) is 0. The van der Waals surface area contributed by atoms with E-state index in [2.05, 4.69) is 15.9 Å². The number of ether oxygens (including phenoxy) is 1. The van der Waals surface area contributed by atoms with E-state index in [1.54, 1.807) is 12.1 Å². The van der Waals surface area contributed by atoms with E-state index in [4.69, 9.17) is 16.3 Å². The van der Waals surface area contributed by atoms with Gasteiger partial charge in [0.2, 0.25) is 0 Å². The molecule has 1 nitrogen and oxygen atoms in total. The predicted octanol–water partition coefficient (Wildman–Crippen LogP) is 4.60. The monoisotopic (exact) mass is 346 g/mol. The largest absolute Gasteiger partial charge is 0.377 e. The second-order valence-corrected chi connectivity index (χ2v) is 6.76. The molecule has 2 unspecified atom stereocenters. The van der Waals surface area contributed by atoms with Crippen molar-refractivity contribution in [3.8, 4) is 0 Å². The highest BCUT2D eigenvalue weighted by atomic mass is 79.9. The first-order valence-electron chi connectivity index (χ1n) is 6.76. The van der Waals surface area contributed by atoms with Crippen molar-refractivity contribution in [1.29, 1.82) is 0 Å². The number of hydrogen-bond acceptors (Lipinski definition) is 1. The molecule has 2 aliphatic rings. The van der Waals surface area contributed by atoms with Crippen molar-refractivity contribution >= 4 is 27.5 Å². The molecule has 3 rings (SSSR count). The van der Waals surface area contributed by atoms with Crippen LogP contribution in [0.25, 0.3) is 0 Å². The Kier molecular flexibility index (Phi) is 3.89. The highest BCUT2D eigenvalue weighted by Crippen LogP contribution is 2.50. The van der Waals surface area contributed by atoms with Crippen molar-refractivity contribution < 1.29 is 9.13 Å². The van der Waals surface area contributed by atoms with E-state index in [9.17, 15) is 4.39 Å². The molecule has 2 fully saturated rings. The molecule has 1 aromatic rings. The van der Waals surface area contributed by atoms with Gasteiger partial charge < -0.3 is 4.74 Å². The van der Waals surface area contributed by atoms with E-state index >= 15 is 0 Å². The third-order valence-corrected chi connectivity index (χ3v) is 5.85. The summed E-state index contributed by atoms with van der Waals surface area (Å²) in [5.74, 6) is 0.471. The van der Waals surface area contributed by atoms with Crippen LogP contribution in [-0.4, -0.2) is 18.0 Å². The average Bonchev–Trinajstić information content (AvgIpc) is 3.16. The molecule has 1 saturated heterocycles. The normalized spacial score (nSPS) is 30.8. The Balaban J connectivity index is 1.87. The third kappa shape index (κ3) is 2.70. The van der Waals surface area contributed by atoms with Gasteiger partial charge in [0.1, 0.15) is 5.82 Å². The van der Waals surface area contributed by atoms with E-state index < -0.39 is 0 Å². The van der Waals surface area contributed by atoms with E-state index in [0.29, 0.717) is 17.0 Å². The average molecular weight is 348 g/mol. The maximum absolute atomic E-state index is 13.4. The lowest BCUT2D eigenvalue weighted by Gasteiger charge is -2.33. The first-order chi connectivity index (χ1) is 9.14. The molecule has 0 N–H and O–H groups in total. The van der Waals surface area contributed by atoms with Crippen LogP contribution in [0.1, 0.15) is 24.8 Å². The van der Waals surface area contributed by atoms with Crippen LogP contribution in [0.5, 0.6) is 0 Å². The predicted molar refractivity (Wildman–Crippen MR) is 78.4 cm³/mol. The molecule has 104 valence electrons. The number of hydrogen-bond donors (Lipinski definition) is 0. The molecular formula is C15H17BrClFO. The quantitative estimate of drug-likeness (QED) is 0.723. The van der Waals surface area contributed by atoms with Crippen molar-refractivity contribution in [2.75, 3.05) is 11.9 Å². The van der Waals surface area contributed by atoms with Gasteiger partial charge in [-0.2, -0.15) is 0 Å². The molecule has 1 aliphatic carbocycles. The van der Waals surface area contributed by atoms with E-state index in [0.717, 1.165) is 30.3 Å². The van der Waals surface area contributed by atoms with Crippen molar-refractivity contribution in [2.45, 2.75) is 31.8 Å². The lowest BCUT2D eigenvalue weighted by molar-refractivity contribution is 0.0413. The number of alkyl halides is 1. The summed E-state index contributed by atoms with van der Waals surface area (Å²) in [6, 6.07) is 4.63. The lowest BCUT2D eigenvalue weighted by Crippen LogP contribution is -2.36. The molecule has 1 aromatic carbocycles. The van der Waals surface area contributed by atoms with Gasteiger partial charge >= 0.3 is 0 Å². The standard InChI is InChI=1S/C15H17BrClFO/c16-9-15(5-6-19-14(15)10-1-2-10)8-11-7-12(18)3-4-13(11)17/h3-4,7,10,14H,1-2,5-6,8-9H2. The minimum absolute atomic E-state index is 0.0681. The smallest absolute Gasteiger partial charge is 0.123 e. The lowest BCUT2D eigenvalue weighted by atomic mass is 9.76. The summed E-state index contributed by atoms with van der Waals surface area (Å²) in [5.41, 5.74) is 0.968. The second kappa shape index (κ2) is 5.34. The van der Waals surface area contributed by atoms with Crippen molar-refractivity contribution in [1.82, 2.24) is 0 Å². The van der Waals surface area contributed by atoms with Gasteiger partial charge in [-0.15, -0.1) is 0 Å². The second-order valence-electron chi connectivity index (χ2n) is 5.79. The molecule has 1 aliphatic heterocycles. The van der Waals surface area contributed by atoms with Crippen LogP contribution in [0.2, 0.25) is 5.02 Å². The minimum atomic E-state index is -0.217. The first kappa shape index (κ1) is 13.8. The zero-order chi connectivity index (χ0) is 13.5. The van der Waals surface area contributed by atoms with E-state index in [-0.39, 0.29) is 11.2 Å². The highest BCUT2D eigenvalue weighted by Gasteiger charge is 2.50. The molecule has 0 radical (unpaired) electrons. The van der Waals surface area contributed by atoms with Gasteiger partial charge in [0, 0.05) is 22.4 Å². The first-order valence-corrected chi connectivity index (χ1v) is 8.26. The Morgan fingerprint density at radius 3 is 2.89 bits per heavy atom. The van der Waals surface area contributed by atoms with Gasteiger partial charge in [-0.25, -0.2) is 4.39 Å². The van der Waals surface area contributed by atoms with Gasteiger partial charge in [0.25, 0.3) is 0 Å². The van der Waals surface area contributed by atoms with Gasteiger partial charge in [0.15, 0.2) is 0 Å². The summed E-state index contributed by atoms with van der Waals surface area (Å²) in [7, 11) is 0. The van der Waals surface area contributed by atoms with E-state index in [1.807, 2.05) is 0 Å². The van der Waals surface area contributed by atoms with Crippen molar-refractivity contribution in [2.24, 2.45) is 11.3 Å². The summed E-state index contributed by atoms with van der Waals surface area (Å²) >= 11 is 9.87. The zero-order valence-electron chi connectivity index (χ0n) is 10.7. The Hall–Kier alpha value is -0.120. The van der Waals surface area contributed by atoms with Crippen LogP contribution < -0.4 is 0 Å². The van der Waals surface area contributed by atoms with Crippen LogP contribution >= 0.6 is 27.5 Å². The SMILES string of the molecule is Fc1ccc(Cl)c(CC2(CBr)CCOC2C2CC2)c1. The maximum atomic E-state index is 13.4. The van der Waals surface area contributed by atoms with Crippen LogP contribution in [0.3, 0.4) is 0 Å². The van der Waals surface area contributed by atoms with Gasteiger partial charge in [-0.1, -0.05) is 27.5 Å². The third-order valence-electron chi connectivity index (χ3n) is 4.37. The zero-order valence-corrected chi connectivity index (χ0v) is 13.0. The molecule has 0 aromatic heterocycles. The molecule has 0 bridgehead atoms. The molecular weight excluding hydrogens is 331 g/mol. The van der Waals surface area contributed by atoms with Crippen molar-refractivity contribution in [3.05, 3.63) is 34.6 Å². The van der Waals surface area contributed by atoms with E-state index in [1.165, 1.54) is 18.9 Å². The summed E-state index contributed by atoms with van der Waals surface area (Å²) in [5, 5.41) is 1.54. The number of halogens is 3. The number of rotatable bonds is 4. The molecule has 19 heavy (non-hydrogen) atoms. The van der Waals surface area contributed by atoms with Crippen LogP contribution in [0, 0.1) is 17.2 Å². The summed E-state index contributed by atoms with van der Waals surface area (Å²) in [6.07, 6.45) is 4.63. The summed E-state index contributed by atoms with van der Waals surface area (Å²) in [6.45, 7) is 0.805. The Morgan fingerprint density at radius 1 is 1.42 bits per heavy atom. The minimum Gasteiger partial charge on any atom is -0.377 e. The Bertz CT molecular complexity index is 477. The topological polar surface area (TPSA) is 9.23 Å². The molecule has 1 saturated carbocycles. The van der Waals surface area contributed by atoms with Crippen LogP contribution in [0.15, 0.2) is 18.2 Å². The van der Waals surface area contributed by atoms with Gasteiger partial charge in [-0.3, -0.25) is 0 Å². The van der Waals surface area contributed by atoms with Gasteiger partial charge in [-0.05, 0) is 55.4 Å². The Labute approximate surface area is 126 Å². The molecule has 0 amide bonds. The fourth-order valence-electron chi connectivity index (χ4n) is 3.18. The maximum Gasteiger partial charge on any atom is 0.123 e. The highest BCUT2D eigenvalue weighted by molar-refractivity contribution is 9.09. The summed E-state index contributed by atoms with van der Waals surface area (Å²) < 4.78 is 19.4. The van der Waals surface area contributed by atoms with Crippen molar-refractivity contribution in [3.63, 3.8) is 0 Å². The van der Waals surface area contributed by atoms with Crippen LogP contribution in [-0.2, 0) is 11.2 Å². The molecule has 2 atom stereocenters. The molecule has 1 heterocycles. The van der Waals surface area contributed by atoms with Crippen LogP contribution in [0.4, 0.5) is 4.39 Å². The molecule has 0 spiro atoms. The fourth-order valence-corrected chi connectivity index (χ4v) is 4.16. The Morgan fingerprint density at radius 2 is 2.21 bits per heavy atom. The van der Waals surface area contributed by atoms with Gasteiger partial charge in [0.05, 0.1) is 6.10 Å². The fraction of sp³-hybridized carbons (Fsp3) is 0.600. The molecule has 4 heteroatoms.